The van der Waals surface area contributed by atoms with Crippen molar-refractivity contribution in [3.63, 3.8) is 0 Å². The highest BCUT2D eigenvalue weighted by atomic mass is 16.3. The van der Waals surface area contributed by atoms with Crippen molar-refractivity contribution in [1.29, 1.82) is 0 Å². The number of aliphatic imine (C=N–C) groups is 1. The monoisotopic (exact) mass is 493 g/mol. The van der Waals surface area contributed by atoms with Gasteiger partial charge in [-0.3, -0.25) is 19.4 Å². The third kappa shape index (κ3) is 8.56. The number of likely N-dealkylation sites (tertiary alicyclic amines) is 1. The Morgan fingerprint density at radius 2 is 1.71 bits per heavy atom. The minimum Gasteiger partial charge on any atom is -0.391 e. The molecule has 2 aliphatic rings. The van der Waals surface area contributed by atoms with Gasteiger partial charge in [0.05, 0.1) is 12.1 Å². The van der Waals surface area contributed by atoms with Crippen molar-refractivity contribution in [1.82, 2.24) is 15.5 Å². The molecule has 0 radical (unpaired) electrons. The van der Waals surface area contributed by atoms with Crippen molar-refractivity contribution < 1.29 is 19.5 Å². The number of nitrogens with two attached hydrogens (primary N) is 1. The summed E-state index contributed by atoms with van der Waals surface area (Å²) >= 11 is 0. The van der Waals surface area contributed by atoms with E-state index in [0.717, 1.165) is 32.2 Å². The van der Waals surface area contributed by atoms with Gasteiger partial charge in [-0.2, -0.15) is 0 Å². The van der Waals surface area contributed by atoms with Crippen LogP contribution in [0.2, 0.25) is 0 Å². The molecule has 3 atom stereocenters. The zero-order valence-electron chi connectivity index (χ0n) is 22.4. The number of amides is 3. The van der Waals surface area contributed by atoms with E-state index in [-0.39, 0.29) is 24.3 Å². The standard InChI is InChI=1S/C26H47N5O4/c1-25(2,3)21(28-20(33)14-12-10-8-6-7-9-11-13-15-27)23(34)31-17-18(32)16-19(31)22-29-24(35)26(4,5)30-22/h18-19,21,32H,6-17,27H2,1-5H3,(H,28,33)(H,29,30,35)/t18-,19?,21?/m1/s1. The van der Waals surface area contributed by atoms with Gasteiger partial charge in [0.25, 0.3) is 5.91 Å². The normalized spacial score (nSPS) is 22.7. The minimum atomic E-state index is -0.903. The number of β-amino-alcohol motifs (C(OH)–C–C–N with tert-alkyl or cyclic N) is 1. The lowest BCUT2D eigenvalue weighted by Crippen LogP contribution is -2.57. The Labute approximate surface area is 210 Å². The predicted octanol–water partition coefficient (Wildman–Crippen LogP) is 2.26. The summed E-state index contributed by atoms with van der Waals surface area (Å²) in [6, 6.07) is -1.26. The third-order valence-corrected chi connectivity index (χ3v) is 6.85. The first kappa shape index (κ1) is 29.2. The number of nitrogens with one attached hydrogen (secondary N) is 2. The van der Waals surface area contributed by atoms with Crippen molar-refractivity contribution in [2.24, 2.45) is 16.1 Å². The Morgan fingerprint density at radius 3 is 2.23 bits per heavy atom. The zero-order valence-corrected chi connectivity index (χ0v) is 22.4. The van der Waals surface area contributed by atoms with Gasteiger partial charge in [-0.15, -0.1) is 0 Å². The van der Waals surface area contributed by atoms with E-state index in [1.165, 1.54) is 25.7 Å². The molecule has 0 aromatic heterocycles. The van der Waals surface area contributed by atoms with Crippen LogP contribution in [0.15, 0.2) is 4.99 Å². The van der Waals surface area contributed by atoms with Crippen LogP contribution in [0.3, 0.4) is 0 Å². The first-order chi connectivity index (χ1) is 16.4. The smallest absolute Gasteiger partial charge is 0.252 e. The first-order valence-electron chi connectivity index (χ1n) is 13.3. The molecule has 200 valence electrons. The maximum absolute atomic E-state index is 13.6. The van der Waals surface area contributed by atoms with Gasteiger partial charge in [0.1, 0.15) is 17.4 Å². The lowest BCUT2D eigenvalue weighted by atomic mass is 9.85. The van der Waals surface area contributed by atoms with Gasteiger partial charge in [0.2, 0.25) is 11.8 Å². The van der Waals surface area contributed by atoms with Crippen molar-refractivity contribution in [3.8, 4) is 0 Å². The molecule has 0 aliphatic carbocycles. The highest BCUT2D eigenvalue weighted by Crippen LogP contribution is 2.28. The molecule has 0 saturated carbocycles. The lowest BCUT2D eigenvalue weighted by molar-refractivity contribution is -0.139. The fourth-order valence-electron chi connectivity index (χ4n) is 4.66. The van der Waals surface area contributed by atoms with Gasteiger partial charge in [0, 0.05) is 19.4 Å². The highest BCUT2D eigenvalue weighted by Gasteiger charge is 2.46. The number of unbranched alkanes of at least 4 members (excludes halogenated alkanes) is 7. The second-order valence-electron chi connectivity index (χ2n) is 11.6. The van der Waals surface area contributed by atoms with Crippen LogP contribution in [-0.4, -0.2) is 70.4 Å². The molecule has 35 heavy (non-hydrogen) atoms. The van der Waals surface area contributed by atoms with Crippen molar-refractivity contribution in [3.05, 3.63) is 0 Å². The molecule has 3 amide bonds. The average molecular weight is 494 g/mol. The Kier molecular flexibility index (Phi) is 10.7. The molecule has 1 saturated heterocycles. The molecule has 2 unspecified atom stereocenters. The van der Waals surface area contributed by atoms with Crippen LogP contribution in [0, 0.1) is 5.41 Å². The van der Waals surface area contributed by atoms with E-state index >= 15 is 0 Å². The molecule has 9 nitrogen and oxygen atoms in total. The molecule has 9 heteroatoms. The molecule has 0 aromatic rings. The Morgan fingerprint density at radius 1 is 1.14 bits per heavy atom. The van der Waals surface area contributed by atoms with E-state index in [0.29, 0.717) is 18.7 Å². The van der Waals surface area contributed by atoms with Gasteiger partial charge in [-0.1, -0.05) is 59.3 Å². The molecular weight excluding hydrogens is 446 g/mol. The molecule has 0 bridgehead atoms. The summed E-state index contributed by atoms with van der Waals surface area (Å²) in [4.78, 5) is 44.6. The van der Waals surface area contributed by atoms with E-state index in [1.54, 1.807) is 18.7 Å². The van der Waals surface area contributed by atoms with Gasteiger partial charge in [-0.25, -0.2) is 0 Å². The summed E-state index contributed by atoms with van der Waals surface area (Å²) in [5.41, 5.74) is 4.09. The number of nitrogens with zero attached hydrogens (tertiary/aromatic N) is 2. The number of carbonyl (C=O) groups is 3. The van der Waals surface area contributed by atoms with E-state index < -0.39 is 29.1 Å². The SMILES string of the molecule is CC1(C)N=C(C2C[C@@H](O)CN2C(=O)C(NC(=O)CCCCCCCCCCN)C(C)(C)C)NC1=O. The third-order valence-electron chi connectivity index (χ3n) is 6.85. The Hall–Kier alpha value is -2.00. The fraction of sp³-hybridized carbons (Fsp3) is 0.846. The minimum absolute atomic E-state index is 0.134. The summed E-state index contributed by atoms with van der Waals surface area (Å²) in [7, 11) is 0. The van der Waals surface area contributed by atoms with Crippen LogP contribution < -0.4 is 16.4 Å². The van der Waals surface area contributed by atoms with Gasteiger partial charge < -0.3 is 26.4 Å². The van der Waals surface area contributed by atoms with Crippen molar-refractivity contribution in [2.45, 2.75) is 123 Å². The summed E-state index contributed by atoms with van der Waals surface area (Å²) < 4.78 is 0. The molecule has 5 N–H and O–H groups in total. The fourth-order valence-corrected chi connectivity index (χ4v) is 4.66. The topological polar surface area (TPSA) is 137 Å². The Bertz CT molecular complexity index is 774. The molecular formula is C26H47N5O4. The zero-order chi connectivity index (χ0) is 26.2. The summed E-state index contributed by atoms with van der Waals surface area (Å²) in [5.74, 6) is -0.207. The predicted molar refractivity (Wildman–Crippen MR) is 138 cm³/mol. The first-order valence-corrected chi connectivity index (χ1v) is 13.3. The second kappa shape index (κ2) is 12.8. The van der Waals surface area contributed by atoms with Gasteiger partial charge in [0.15, 0.2) is 0 Å². The van der Waals surface area contributed by atoms with Crippen LogP contribution in [-0.2, 0) is 14.4 Å². The largest absolute Gasteiger partial charge is 0.391 e. The van der Waals surface area contributed by atoms with E-state index in [4.69, 9.17) is 5.73 Å². The van der Waals surface area contributed by atoms with E-state index in [1.807, 2.05) is 20.8 Å². The number of carbonyl (C=O) groups excluding carboxylic acids is 3. The Balaban J connectivity index is 1.92. The average Bonchev–Trinajstić information content (AvgIpc) is 3.28. The number of hydrogen-bond acceptors (Lipinski definition) is 6. The number of hydrogen-bond donors (Lipinski definition) is 4. The molecule has 2 rings (SSSR count). The molecule has 2 aliphatic heterocycles. The highest BCUT2D eigenvalue weighted by molar-refractivity contribution is 6.11. The quantitative estimate of drug-likeness (QED) is 0.292. The number of amidine groups is 1. The molecule has 2 heterocycles. The van der Waals surface area contributed by atoms with Gasteiger partial charge in [-0.05, 0) is 38.6 Å². The molecule has 0 aromatic carbocycles. The number of rotatable bonds is 13. The maximum atomic E-state index is 13.6. The second-order valence-corrected chi connectivity index (χ2v) is 11.6. The van der Waals surface area contributed by atoms with Crippen LogP contribution in [0.5, 0.6) is 0 Å². The maximum Gasteiger partial charge on any atom is 0.252 e. The number of aliphatic hydroxyl groups is 1. The van der Waals surface area contributed by atoms with Crippen molar-refractivity contribution >= 4 is 23.6 Å². The van der Waals surface area contributed by atoms with Gasteiger partial charge >= 0.3 is 0 Å². The molecule has 1 fully saturated rings. The van der Waals surface area contributed by atoms with Crippen LogP contribution in [0.4, 0.5) is 0 Å². The lowest BCUT2D eigenvalue weighted by Gasteiger charge is -2.35. The van der Waals surface area contributed by atoms with Crippen LogP contribution in [0.25, 0.3) is 0 Å². The summed E-state index contributed by atoms with van der Waals surface area (Å²) in [6.45, 7) is 10.1. The van der Waals surface area contributed by atoms with E-state index in [2.05, 4.69) is 15.6 Å². The molecule has 0 spiro atoms. The summed E-state index contributed by atoms with van der Waals surface area (Å²) in [6.07, 6.45) is 8.74. The van der Waals surface area contributed by atoms with Crippen LogP contribution >= 0.6 is 0 Å². The van der Waals surface area contributed by atoms with Crippen LogP contribution in [0.1, 0.15) is 98.8 Å². The van der Waals surface area contributed by atoms with Crippen molar-refractivity contribution in [2.75, 3.05) is 13.1 Å². The van der Waals surface area contributed by atoms with E-state index in [9.17, 15) is 19.5 Å². The number of aliphatic hydroxyl groups excluding tert-OH is 1. The summed E-state index contributed by atoms with van der Waals surface area (Å²) in [5, 5.41) is 16.1.